The minimum atomic E-state index is 0. The minimum Gasteiger partial charge on any atom is -0.298 e. The summed E-state index contributed by atoms with van der Waals surface area (Å²) in [7, 11) is 0. The van der Waals surface area contributed by atoms with Crippen LogP contribution in [0, 0.1) is 17.8 Å². The minimum absolute atomic E-state index is 0. The average molecular weight is 294 g/mol. The normalized spacial score (nSPS) is 24.3. The van der Waals surface area contributed by atoms with Gasteiger partial charge in [-0.2, -0.15) is 27.0 Å². The van der Waals surface area contributed by atoms with Crippen LogP contribution in [0.25, 0.3) is 0 Å². The largest absolute Gasteiger partial charge is 0.298 e. The van der Waals surface area contributed by atoms with Gasteiger partial charge in [0.15, 0.2) is 5.78 Å². The lowest BCUT2D eigenvalue weighted by Gasteiger charge is -2.28. The fourth-order valence-corrected chi connectivity index (χ4v) is 2.61. The van der Waals surface area contributed by atoms with Gasteiger partial charge >= 0.3 is 0 Å². The maximum Gasteiger partial charge on any atom is 0.152 e. The second kappa shape index (κ2) is 8.49. The van der Waals surface area contributed by atoms with Crippen molar-refractivity contribution in [3.63, 3.8) is 0 Å². The van der Waals surface area contributed by atoms with Crippen molar-refractivity contribution in [2.75, 3.05) is 6.54 Å². The Morgan fingerprint density at radius 3 is 1.89 bits per heavy atom. The molecule has 1 aliphatic heterocycles. The quantitative estimate of drug-likeness (QED) is 0.793. The molecule has 1 heterocycles. The third-order valence-corrected chi connectivity index (χ3v) is 3.88. The Hall–Kier alpha value is 0.330. The van der Waals surface area contributed by atoms with Crippen molar-refractivity contribution in [2.24, 2.45) is 17.8 Å². The van der Waals surface area contributed by atoms with E-state index in [1.807, 2.05) is 13.8 Å². The highest BCUT2D eigenvalue weighted by Crippen LogP contribution is 2.31. The van der Waals surface area contributed by atoms with Gasteiger partial charge in [0.1, 0.15) is 0 Å². The summed E-state index contributed by atoms with van der Waals surface area (Å²) in [6, 6.07) is 0.656. The predicted octanol–water partition coefficient (Wildman–Crippen LogP) is 3.19. The maximum absolute atomic E-state index is 12.2. The molecule has 0 aliphatic carbocycles. The summed E-state index contributed by atoms with van der Waals surface area (Å²) in [4.78, 5) is 14.6. The van der Waals surface area contributed by atoms with Crippen LogP contribution in [0.15, 0.2) is 0 Å². The molecule has 0 aromatic heterocycles. The van der Waals surface area contributed by atoms with Gasteiger partial charge in [-0.1, -0.05) is 27.7 Å². The summed E-state index contributed by atoms with van der Waals surface area (Å²) in [6.45, 7) is 14.1. The van der Waals surface area contributed by atoms with Gasteiger partial charge in [0, 0.05) is 18.5 Å². The Morgan fingerprint density at radius 1 is 1.06 bits per heavy atom. The first-order valence-corrected chi connectivity index (χ1v) is 6.64. The SMILES string of the molecule is CC(C)C(=O)[C@@H]1C[C@H](C(C)C)CN1C(C)C.S.S. The van der Waals surface area contributed by atoms with Crippen molar-refractivity contribution in [3.05, 3.63) is 0 Å². The molecule has 0 amide bonds. The Labute approximate surface area is 127 Å². The Morgan fingerprint density at radius 2 is 1.56 bits per heavy atom. The molecule has 18 heavy (non-hydrogen) atoms. The highest BCUT2D eigenvalue weighted by Gasteiger charge is 2.39. The first-order chi connectivity index (χ1) is 7.34. The Bertz CT molecular complexity index is 254. The van der Waals surface area contributed by atoms with Gasteiger partial charge in [0.25, 0.3) is 0 Å². The second-order valence-corrected chi connectivity index (χ2v) is 6.10. The standard InChI is InChI=1S/C14H27NO.2H2S/c1-9(2)12-7-13(14(16)10(3)4)15(8-12)11(5)6;;/h9-13H,7-8H2,1-6H3;2*1H2/t12-,13-;;/m0../s1. The van der Waals surface area contributed by atoms with E-state index in [0.717, 1.165) is 13.0 Å². The van der Waals surface area contributed by atoms with Crippen molar-refractivity contribution in [3.8, 4) is 0 Å². The van der Waals surface area contributed by atoms with Gasteiger partial charge in [-0.3, -0.25) is 9.69 Å². The zero-order chi connectivity index (χ0) is 12.5. The van der Waals surface area contributed by atoms with Crippen LogP contribution in [0.4, 0.5) is 0 Å². The van der Waals surface area contributed by atoms with Gasteiger partial charge in [0.05, 0.1) is 6.04 Å². The molecule has 1 saturated heterocycles. The first-order valence-electron chi connectivity index (χ1n) is 6.64. The van der Waals surface area contributed by atoms with E-state index in [1.54, 1.807) is 0 Å². The zero-order valence-electron chi connectivity index (χ0n) is 12.7. The first kappa shape index (κ1) is 20.6. The molecule has 0 aromatic rings. The Balaban J connectivity index is 0. The maximum atomic E-state index is 12.2. The van der Waals surface area contributed by atoms with Crippen LogP contribution < -0.4 is 0 Å². The van der Waals surface area contributed by atoms with Gasteiger partial charge in [-0.15, -0.1) is 0 Å². The lowest BCUT2D eigenvalue weighted by Crippen LogP contribution is -2.42. The number of nitrogens with zero attached hydrogens (tertiary/aromatic N) is 1. The van der Waals surface area contributed by atoms with Crippen LogP contribution in [0.3, 0.4) is 0 Å². The fraction of sp³-hybridized carbons (Fsp3) is 0.929. The number of rotatable bonds is 4. The monoisotopic (exact) mass is 293 g/mol. The third kappa shape index (κ3) is 4.78. The number of Topliss-reactive ketones (excluding diaryl/α,β-unsaturated/α-hetero) is 1. The van der Waals surface area contributed by atoms with E-state index in [4.69, 9.17) is 0 Å². The van der Waals surface area contributed by atoms with Crippen LogP contribution in [0.2, 0.25) is 0 Å². The van der Waals surface area contributed by atoms with Crippen molar-refractivity contribution in [2.45, 2.75) is 60.0 Å². The molecule has 110 valence electrons. The summed E-state index contributed by atoms with van der Waals surface area (Å²) in [5, 5.41) is 0. The Kier molecular flexibility index (Phi) is 9.74. The van der Waals surface area contributed by atoms with Crippen molar-refractivity contribution in [1.82, 2.24) is 4.90 Å². The number of hydrogen-bond acceptors (Lipinski definition) is 2. The van der Waals surface area contributed by atoms with Gasteiger partial charge in [-0.05, 0) is 32.1 Å². The lowest BCUT2D eigenvalue weighted by molar-refractivity contribution is -0.126. The molecular weight excluding hydrogens is 262 g/mol. The number of likely N-dealkylation sites (tertiary alicyclic amines) is 1. The molecule has 2 atom stereocenters. The highest BCUT2D eigenvalue weighted by molar-refractivity contribution is 7.59. The van der Waals surface area contributed by atoms with Crippen molar-refractivity contribution >= 4 is 32.8 Å². The van der Waals surface area contributed by atoms with Crippen LogP contribution in [0.1, 0.15) is 48.0 Å². The van der Waals surface area contributed by atoms with E-state index >= 15 is 0 Å². The second-order valence-electron chi connectivity index (χ2n) is 6.10. The molecule has 0 unspecified atom stereocenters. The molecule has 0 radical (unpaired) electrons. The number of carbonyl (C=O) groups excluding carboxylic acids is 1. The van der Waals surface area contributed by atoms with Crippen LogP contribution in [-0.4, -0.2) is 29.3 Å². The van der Waals surface area contributed by atoms with E-state index < -0.39 is 0 Å². The lowest BCUT2D eigenvalue weighted by atomic mass is 9.90. The number of ketones is 1. The van der Waals surface area contributed by atoms with E-state index in [0.29, 0.717) is 23.7 Å². The molecule has 1 rings (SSSR count). The fourth-order valence-electron chi connectivity index (χ4n) is 2.61. The molecule has 2 nitrogen and oxygen atoms in total. The van der Waals surface area contributed by atoms with Crippen molar-refractivity contribution < 1.29 is 4.79 Å². The summed E-state index contributed by atoms with van der Waals surface area (Å²) in [5.74, 6) is 1.97. The molecule has 1 aliphatic rings. The van der Waals surface area contributed by atoms with Gasteiger partial charge in [0.2, 0.25) is 0 Å². The number of carbonyl (C=O) groups is 1. The van der Waals surface area contributed by atoms with E-state index in [1.165, 1.54) is 0 Å². The topological polar surface area (TPSA) is 20.3 Å². The zero-order valence-corrected chi connectivity index (χ0v) is 14.7. The highest BCUT2D eigenvalue weighted by atomic mass is 32.1. The van der Waals surface area contributed by atoms with Crippen molar-refractivity contribution in [1.29, 1.82) is 0 Å². The summed E-state index contributed by atoms with van der Waals surface area (Å²) in [5.41, 5.74) is 0. The van der Waals surface area contributed by atoms with Crippen LogP contribution in [0.5, 0.6) is 0 Å². The smallest absolute Gasteiger partial charge is 0.152 e. The summed E-state index contributed by atoms with van der Waals surface area (Å²) in [6.07, 6.45) is 1.06. The predicted molar refractivity (Wildman–Crippen MR) is 89.2 cm³/mol. The summed E-state index contributed by atoms with van der Waals surface area (Å²) < 4.78 is 0. The third-order valence-electron chi connectivity index (χ3n) is 3.88. The van der Waals surface area contributed by atoms with Gasteiger partial charge in [-0.25, -0.2) is 0 Å². The van der Waals surface area contributed by atoms with Crippen LogP contribution in [-0.2, 0) is 4.79 Å². The van der Waals surface area contributed by atoms with E-state index in [2.05, 4.69) is 32.6 Å². The molecule has 0 spiro atoms. The van der Waals surface area contributed by atoms with Crippen LogP contribution >= 0.6 is 27.0 Å². The molecular formula is C14H31NOS2. The van der Waals surface area contributed by atoms with E-state index in [9.17, 15) is 4.79 Å². The average Bonchev–Trinajstić information content (AvgIpc) is 2.60. The summed E-state index contributed by atoms with van der Waals surface area (Å²) >= 11 is 0. The molecule has 0 N–H and O–H groups in total. The molecule has 0 saturated carbocycles. The molecule has 0 bridgehead atoms. The molecule has 0 aromatic carbocycles. The number of hydrogen-bond donors (Lipinski definition) is 0. The van der Waals surface area contributed by atoms with Gasteiger partial charge < -0.3 is 0 Å². The van der Waals surface area contributed by atoms with E-state index in [-0.39, 0.29) is 39.0 Å². The molecule has 4 heteroatoms. The molecule has 1 fully saturated rings.